The molecule has 3 unspecified atom stereocenters. The highest BCUT2D eigenvalue weighted by Crippen LogP contribution is 2.45. The first-order valence-corrected chi connectivity index (χ1v) is 12.3. The summed E-state index contributed by atoms with van der Waals surface area (Å²) in [6.45, 7) is 6.52. The molecule has 0 saturated carbocycles. The van der Waals surface area contributed by atoms with Crippen LogP contribution in [0.25, 0.3) is 22.4 Å². The van der Waals surface area contributed by atoms with Gasteiger partial charge in [0.15, 0.2) is 5.75 Å². The molecule has 3 atom stereocenters. The summed E-state index contributed by atoms with van der Waals surface area (Å²) in [5.41, 5.74) is 3.83. The van der Waals surface area contributed by atoms with Crippen molar-refractivity contribution in [3.05, 3.63) is 71.7 Å². The lowest BCUT2D eigenvalue weighted by Crippen LogP contribution is -2.47. The number of pyridine rings is 1. The van der Waals surface area contributed by atoms with E-state index in [1.165, 1.54) is 19.1 Å². The molecule has 0 spiro atoms. The molecule has 1 heterocycles. The van der Waals surface area contributed by atoms with Gasteiger partial charge in [0.25, 0.3) is 0 Å². The van der Waals surface area contributed by atoms with Gasteiger partial charge in [0.05, 0.1) is 11.4 Å². The highest BCUT2D eigenvalue weighted by Gasteiger charge is 2.61. The van der Waals surface area contributed by atoms with Crippen molar-refractivity contribution in [3.8, 4) is 28.1 Å². The van der Waals surface area contributed by atoms with Gasteiger partial charge in [-0.3, -0.25) is 0 Å². The van der Waals surface area contributed by atoms with Crippen LogP contribution >= 0.6 is 8.03 Å². The number of benzene rings is 2. The van der Waals surface area contributed by atoms with Gasteiger partial charge in [-0.05, 0) is 48.1 Å². The van der Waals surface area contributed by atoms with Crippen molar-refractivity contribution < 1.29 is 28.5 Å². The molecule has 34 heavy (non-hydrogen) atoms. The van der Waals surface area contributed by atoms with Crippen LogP contribution in [0, 0.1) is 12.7 Å². The Morgan fingerprint density at radius 3 is 2.24 bits per heavy atom. The maximum absolute atomic E-state index is 13.7. The van der Waals surface area contributed by atoms with Gasteiger partial charge in [0.2, 0.25) is 0 Å². The van der Waals surface area contributed by atoms with Crippen molar-refractivity contribution in [1.29, 1.82) is 0 Å². The molecule has 0 aliphatic rings. The summed E-state index contributed by atoms with van der Waals surface area (Å²) in [5.74, 6) is -1.30. The first-order valence-electron chi connectivity index (χ1n) is 11.1. The van der Waals surface area contributed by atoms with Crippen LogP contribution in [0.5, 0.6) is 5.75 Å². The molecule has 1 aromatic heterocycles. The van der Waals surface area contributed by atoms with E-state index in [4.69, 9.17) is 9.72 Å². The van der Waals surface area contributed by atoms with Crippen molar-refractivity contribution in [2.45, 2.75) is 51.8 Å². The standard InChI is InChI=1S/C26H27FNO5P/c1-5-21-24(33-25(30)26(6-2,17(4)29)34(31)32)22(18-12-14-20(27)15-13-18)16(3)23(28-21)19-10-8-7-9-11-19/h7-15,17,29H,5-6H2,1-4H3/p+1. The molecule has 6 nitrogen and oxygen atoms in total. The maximum Gasteiger partial charge on any atom is 0.526 e. The molecule has 2 aromatic carbocycles. The lowest BCUT2D eigenvalue weighted by molar-refractivity contribution is -0.140. The molecule has 8 heteroatoms. The van der Waals surface area contributed by atoms with E-state index in [0.717, 1.165) is 5.56 Å². The van der Waals surface area contributed by atoms with Crippen LogP contribution in [0.1, 0.15) is 38.4 Å². The third-order valence-electron chi connectivity index (χ3n) is 6.10. The summed E-state index contributed by atoms with van der Waals surface area (Å²) >= 11 is 0. The second-order valence-electron chi connectivity index (χ2n) is 8.08. The largest absolute Gasteiger partial charge is 0.526 e. The molecule has 0 aliphatic carbocycles. The molecule has 0 saturated heterocycles. The number of nitrogens with zero attached hydrogens (tertiary/aromatic N) is 1. The third-order valence-corrected chi connectivity index (χ3v) is 7.66. The first kappa shape index (κ1) is 25.6. The molecule has 2 N–H and O–H groups in total. The lowest BCUT2D eigenvalue weighted by Gasteiger charge is -2.24. The van der Waals surface area contributed by atoms with Crippen molar-refractivity contribution in [2.24, 2.45) is 0 Å². The van der Waals surface area contributed by atoms with Crippen molar-refractivity contribution in [3.63, 3.8) is 0 Å². The summed E-state index contributed by atoms with van der Waals surface area (Å²) in [7, 11) is -3.10. The smallest absolute Gasteiger partial charge is 0.420 e. The van der Waals surface area contributed by atoms with E-state index in [0.29, 0.717) is 34.5 Å². The topological polar surface area (TPSA) is 96.7 Å². The van der Waals surface area contributed by atoms with Crippen molar-refractivity contribution >= 4 is 14.0 Å². The number of carbonyl (C=O) groups excluding carboxylic acids is 1. The maximum atomic E-state index is 13.7. The van der Waals surface area contributed by atoms with Crippen LogP contribution in [0.4, 0.5) is 4.39 Å². The van der Waals surface area contributed by atoms with Gasteiger partial charge in [-0.2, -0.15) is 4.89 Å². The molecule has 3 aromatic rings. The van der Waals surface area contributed by atoms with E-state index in [-0.39, 0.29) is 12.2 Å². The Hall–Kier alpha value is -2.99. The Labute approximate surface area is 199 Å². The second kappa shape index (κ2) is 10.5. The highest BCUT2D eigenvalue weighted by molar-refractivity contribution is 7.41. The Balaban J connectivity index is 2.29. The Morgan fingerprint density at radius 2 is 1.74 bits per heavy atom. The van der Waals surface area contributed by atoms with Gasteiger partial charge in [0, 0.05) is 17.5 Å². The lowest BCUT2D eigenvalue weighted by atomic mass is 9.94. The minimum Gasteiger partial charge on any atom is -0.420 e. The van der Waals surface area contributed by atoms with Crippen LogP contribution in [0.3, 0.4) is 0 Å². The van der Waals surface area contributed by atoms with Gasteiger partial charge in [-0.1, -0.05) is 56.3 Å². The van der Waals surface area contributed by atoms with Crippen molar-refractivity contribution in [2.75, 3.05) is 0 Å². The minimum atomic E-state index is -3.10. The van der Waals surface area contributed by atoms with E-state index < -0.39 is 31.1 Å². The van der Waals surface area contributed by atoms with E-state index in [1.807, 2.05) is 44.2 Å². The summed E-state index contributed by atoms with van der Waals surface area (Å²) in [4.78, 5) is 28.0. The summed E-state index contributed by atoms with van der Waals surface area (Å²) in [5, 5.41) is 8.28. The number of hydrogen-bond acceptors (Lipinski definition) is 5. The number of aromatic nitrogens is 1. The predicted molar refractivity (Wildman–Crippen MR) is 129 cm³/mol. The van der Waals surface area contributed by atoms with E-state index >= 15 is 0 Å². The Morgan fingerprint density at radius 1 is 1.12 bits per heavy atom. The molecule has 3 rings (SSSR count). The number of halogens is 1. The molecule has 0 aliphatic heterocycles. The quantitative estimate of drug-likeness (QED) is 0.319. The number of aryl methyl sites for hydroxylation is 1. The fourth-order valence-corrected chi connectivity index (χ4v) is 4.85. The SMILES string of the molecule is CCc1nc(-c2ccccc2)c(C)c(-c2ccc(F)cc2)c1OC(=O)C(CC)(C(C)O)[P+](=O)O. The molecule has 178 valence electrons. The van der Waals surface area contributed by atoms with Crippen LogP contribution in [0.15, 0.2) is 54.6 Å². The first-order chi connectivity index (χ1) is 16.2. The fourth-order valence-electron chi connectivity index (χ4n) is 4.06. The van der Waals surface area contributed by atoms with Gasteiger partial charge < -0.3 is 9.84 Å². The fraction of sp³-hybridized carbons (Fsp3) is 0.308. The molecule has 0 fully saturated rings. The molecular weight excluding hydrogens is 456 g/mol. The van der Waals surface area contributed by atoms with E-state index in [2.05, 4.69) is 0 Å². The van der Waals surface area contributed by atoms with Gasteiger partial charge in [-0.25, -0.2) is 14.2 Å². The number of aliphatic hydroxyl groups excluding tert-OH is 1. The predicted octanol–water partition coefficient (Wildman–Crippen LogP) is 5.60. The van der Waals surface area contributed by atoms with E-state index in [1.54, 1.807) is 19.1 Å². The normalized spacial score (nSPS) is 14.3. The molecule has 0 amide bonds. The number of hydrogen-bond donors (Lipinski definition) is 2. The minimum absolute atomic E-state index is 0.100. The summed E-state index contributed by atoms with van der Waals surface area (Å²) in [6.07, 6.45) is -1.12. The zero-order valence-corrected chi connectivity index (χ0v) is 20.5. The zero-order valence-electron chi connectivity index (χ0n) is 19.6. The summed E-state index contributed by atoms with van der Waals surface area (Å²) < 4.78 is 31.7. The Kier molecular flexibility index (Phi) is 7.93. The van der Waals surface area contributed by atoms with Gasteiger partial charge >= 0.3 is 19.2 Å². The number of carbonyl (C=O) groups is 1. The van der Waals surface area contributed by atoms with Gasteiger partial charge in [0.1, 0.15) is 11.9 Å². The Bertz CT molecular complexity index is 1200. The van der Waals surface area contributed by atoms with Crippen molar-refractivity contribution in [1.82, 2.24) is 4.98 Å². The molecule has 0 bridgehead atoms. The average Bonchev–Trinajstić information content (AvgIpc) is 2.81. The third kappa shape index (κ3) is 4.64. The summed E-state index contributed by atoms with van der Waals surface area (Å²) in [6, 6.07) is 15.3. The zero-order chi connectivity index (χ0) is 25.0. The van der Waals surface area contributed by atoms with E-state index in [9.17, 15) is 23.7 Å². The van der Waals surface area contributed by atoms with Crippen LogP contribution in [-0.2, 0) is 15.8 Å². The van der Waals surface area contributed by atoms with Crippen LogP contribution < -0.4 is 4.74 Å². The number of rotatable bonds is 8. The van der Waals surface area contributed by atoms with Crippen LogP contribution in [-0.4, -0.2) is 32.2 Å². The number of aliphatic hydroxyl groups is 1. The van der Waals surface area contributed by atoms with Crippen LogP contribution in [0.2, 0.25) is 0 Å². The average molecular weight is 484 g/mol. The second-order valence-corrected chi connectivity index (χ2v) is 9.42. The highest BCUT2D eigenvalue weighted by atomic mass is 31.1. The molecular formula is C26H28FNO5P+. The monoisotopic (exact) mass is 484 g/mol. The van der Waals surface area contributed by atoms with Gasteiger partial charge in [-0.15, -0.1) is 0 Å². The number of ether oxygens (including phenoxy) is 1. The number of esters is 1. The molecule has 0 radical (unpaired) electrons.